The SMILES string of the molecule is O=C(O)c1ccccc1C(=O)O.[CH3-].[Zr]. The van der Waals surface area contributed by atoms with E-state index in [1.807, 2.05) is 0 Å². The van der Waals surface area contributed by atoms with E-state index in [-0.39, 0.29) is 44.8 Å². The Labute approximate surface area is 101 Å². The van der Waals surface area contributed by atoms with E-state index in [4.69, 9.17) is 10.2 Å². The first kappa shape index (κ1) is 15.5. The predicted octanol–water partition coefficient (Wildman–Crippen LogP) is 1.53. The first-order valence-corrected chi connectivity index (χ1v) is 3.18. The summed E-state index contributed by atoms with van der Waals surface area (Å²) in [7, 11) is 0. The number of hydrogen-bond acceptors (Lipinski definition) is 2. The van der Waals surface area contributed by atoms with E-state index in [9.17, 15) is 9.59 Å². The maximum absolute atomic E-state index is 10.5. The van der Waals surface area contributed by atoms with Crippen LogP contribution in [0.3, 0.4) is 0 Å². The van der Waals surface area contributed by atoms with Gasteiger partial charge in [-0.2, -0.15) is 0 Å². The Morgan fingerprint density at radius 3 is 1.43 bits per heavy atom. The van der Waals surface area contributed by atoms with Crippen molar-refractivity contribution >= 4 is 11.9 Å². The summed E-state index contributed by atoms with van der Waals surface area (Å²) in [6.45, 7) is 0. The van der Waals surface area contributed by atoms with Crippen LogP contribution in [-0.4, -0.2) is 22.2 Å². The first-order chi connectivity index (χ1) is 5.63. The topological polar surface area (TPSA) is 74.6 Å². The van der Waals surface area contributed by atoms with Gasteiger partial charge < -0.3 is 17.6 Å². The molecule has 0 aliphatic rings. The van der Waals surface area contributed by atoms with E-state index in [0.717, 1.165) is 0 Å². The Kier molecular flexibility index (Phi) is 7.19. The molecule has 0 saturated heterocycles. The van der Waals surface area contributed by atoms with Crippen LogP contribution in [0.5, 0.6) is 0 Å². The van der Waals surface area contributed by atoms with Gasteiger partial charge in [-0.05, 0) is 12.1 Å². The minimum absolute atomic E-state index is 0. The third-order valence-electron chi connectivity index (χ3n) is 1.39. The molecule has 2 N–H and O–H groups in total. The summed E-state index contributed by atoms with van der Waals surface area (Å²) in [6, 6.07) is 5.48. The standard InChI is InChI=1S/C8H6O4.CH3.Zr/c9-7(10)5-3-1-2-4-6(5)8(11)12;;/h1-4H,(H,9,10)(H,11,12);1H3;/q;-1;. The maximum atomic E-state index is 10.5. The van der Waals surface area contributed by atoms with Crippen LogP contribution in [0.15, 0.2) is 24.3 Å². The smallest absolute Gasteiger partial charge is 0.336 e. The Bertz CT molecular complexity index is 302. The summed E-state index contributed by atoms with van der Waals surface area (Å²) in [6.07, 6.45) is 0. The Morgan fingerprint density at radius 2 is 1.21 bits per heavy atom. The van der Waals surface area contributed by atoms with Gasteiger partial charge in [-0.25, -0.2) is 9.59 Å². The summed E-state index contributed by atoms with van der Waals surface area (Å²) < 4.78 is 0. The molecule has 74 valence electrons. The molecule has 5 heteroatoms. The quantitative estimate of drug-likeness (QED) is 0.801. The zero-order valence-electron chi connectivity index (χ0n) is 7.52. The van der Waals surface area contributed by atoms with Gasteiger partial charge in [0.15, 0.2) is 0 Å². The molecule has 0 aliphatic carbocycles. The molecular formula is C9H9O4Zr-. The molecule has 1 rings (SSSR count). The number of benzene rings is 1. The van der Waals surface area contributed by atoms with E-state index in [2.05, 4.69) is 0 Å². The second-order valence-electron chi connectivity index (χ2n) is 2.16. The van der Waals surface area contributed by atoms with Crippen LogP contribution in [-0.2, 0) is 26.2 Å². The van der Waals surface area contributed by atoms with Crippen LogP contribution in [0.2, 0.25) is 0 Å². The molecule has 0 heterocycles. The zero-order valence-corrected chi connectivity index (χ0v) is 9.98. The number of carboxylic acid groups (broad SMARTS) is 2. The average Bonchev–Trinajstić information content (AvgIpc) is 2.04. The van der Waals surface area contributed by atoms with Gasteiger partial charge in [-0.15, -0.1) is 0 Å². The summed E-state index contributed by atoms with van der Waals surface area (Å²) >= 11 is 0. The maximum Gasteiger partial charge on any atom is 0.336 e. The second kappa shape index (κ2) is 6.49. The molecule has 0 aliphatic heterocycles. The van der Waals surface area contributed by atoms with Crippen molar-refractivity contribution in [1.82, 2.24) is 0 Å². The second-order valence-corrected chi connectivity index (χ2v) is 2.16. The van der Waals surface area contributed by atoms with Crippen molar-refractivity contribution in [3.8, 4) is 0 Å². The van der Waals surface area contributed by atoms with Crippen molar-refractivity contribution < 1.29 is 46.0 Å². The van der Waals surface area contributed by atoms with E-state index < -0.39 is 11.9 Å². The molecule has 1 aromatic carbocycles. The summed E-state index contributed by atoms with van der Waals surface area (Å²) in [5, 5.41) is 17.1. The van der Waals surface area contributed by atoms with Crippen molar-refractivity contribution in [1.29, 1.82) is 0 Å². The molecule has 0 fully saturated rings. The molecule has 0 saturated carbocycles. The third kappa shape index (κ3) is 3.42. The molecular weight excluding hydrogens is 263 g/mol. The van der Waals surface area contributed by atoms with Crippen LogP contribution >= 0.6 is 0 Å². The van der Waals surface area contributed by atoms with Crippen LogP contribution in [0, 0.1) is 7.43 Å². The van der Waals surface area contributed by atoms with Crippen LogP contribution in [0.4, 0.5) is 0 Å². The third-order valence-corrected chi connectivity index (χ3v) is 1.39. The number of rotatable bonds is 2. The average molecular weight is 272 g/mol. The van der Waals surface area contributed by atoms with E-state index in [1.165, 1.54) is 24.3 Å². The van der Waals surface area contributed by atoms with Crippen molar-refractivity contribution in [3.05, 3.63) is 42.8 Å². The largest absolute Gasteiger partial charge is 0.478 e. The van der Waals surface area contributed by atoms with Gasteiger partial charge in [0.05, 0.1) is 11.1 Å². The zero-order chi connectivity index (χ0) is 9.14. The molecule has 0 amide bonds. The van der Waals surface area contributed by atoms with Crippen molar-refractivity contribution in [2.75, 3.05) is 0 Å². The molecule has 0 unspecified atom stereocenters. The molecule has 0 atom stereocenters. The van der Waals surface area contributed by atoms with Crippen LogP contribution < -0.4 is 0 Å². The fourth-order valence-corrected chi connectivity index (χ4v) is 0.856. The monoisotopic (exact) mass is 271 g/mol. The molecule has 4 nitrogen and oxygen atoms in total. The van der Waals surface area contributed by atoms with Gasteiger partial charge in [0, 0.05) is 26.2 Å². The van der Waals surface area contributed by atoms with Gasteiger partial charge in [0.2, 0.25) is 0 Å². The summed E-state index contributed by atoms with van der Waals surface area (Å²) in [4.78, 5) is 20.9. The fraction of sp³-hybridized carbons (Fsp3) is 0. The van der Waals surface area contributed by atoms with Gasteiger partial charge in [0.1, 0.15) is 0 Å². The minimum atomic E-state index is -1.23. The van der Waals surface area contributed by atoms with Crippen molar-refractivity contribution in [2.24, 2.45) is 0 Å². The minimum Gasteiger partial charge on any atom is -0.478 e. The normalized spacial score (nSPS) is 8.00. The predicted molar refractivity (Wildman–Crippen MR) is 46.8 cm³/mol. The molecule has 14 heavy (non-hydrogen) atoms. The van der Waals surface area contributed by atoms with E-state index in [0.29, 0.717) is 0 Å². The van der Waals surface area contributed by atoms with E-state index in [1.54, 1.807) is 0 Å². The Morgan fingerprint density at radius 1 is 0.929 bits per heavy atom. The van der Waals surface area contributed by atoms with Crippen molar-refractivity contribution in [3.63, 3.8) is 0 Å². The van der Waals surface area contributed by atoms with Gasteiger partial charge in [-0.1, -0.05) is 12.1 Å². The number of carbonyl (C=O) groups is 2. The number of aromatic carboxylic acids is 2. The van der Waals surface area contributed by atoms with Crippen LogP contribution in [0.1, 0.15) is 20.7 Å². The van der Waals surface area contributed by atoms with Gasteiger partial charge in [0.25, 0.3) is 0 Å². The number of carboxylic acids is 2. The van der Waals surface area contributed by atoms with Crippen molar-refractivity contribution in [2.45, 2.75) is 0 Å². The summed E-state index contributed by atoms with van der Waals surface area (Å²) in [5.41, 5.74) is -0.380. The molecule has 1 aromatic rings. The summed E-state index contributed by atoms with van der Waals surface area (Å²) in [5.74, 6) is -2.46. The van der Waals surface area contributed by atoms with Gasteiger partial charge >= 0.3 is 11.9 Å². The molecule has 0 spiro atoms. The number of hydrogen-bond donors (Lipinski definition) is 2. The first-order valence-electron chi connectivity index (χ1n) is 3.18. The van der Waals surface area contributed by atoms with Gasteiger partial charge in [-0.3, -0.25) is 0 Å². The Hall–Kier alpha value is -0.957. The van der Waals surface area contributed by atoms with E-state index >= 15 is 0 Å². The van der Waals surface area contributed by atoms with Crippen LogP contribution in [0.25, 0.3) is 0 Å². The molecule has 0 aromatic heterocycles. The fourth-order valence-electron chi connectivity index (χ4n) is 0.856. The molecule has 0 radical (unpaired) electrons. The Balaban J connectivity index is 0. The molecule has 0 bridgehead atoms.